The molecule has 2 amide bonds. The summed E-state index contributed by atoms with van der Waals surface area (Å²) in [6.07, 6.45) is -0.305. The SMILES string of the molecule is CCOC(=O)c1cccc(NC(=O)NNc2nc3ccccc3c(=O)n2OC(C)C)c1. The van der Waals surface area contributed by atoms with Crippen molar-refractivity contribution in [2.45, 2.75) is 26.9 Å². The van der Waals surface area contributed by atoms with Gasteiger partial charge in [0.25, 0.3) is 11.5 Å². The molecule has 10 heteroatoms. The van der Waals surface area contributed by atoms with Crippen molar-refractivity contribution in [2.75, 3.05) is 17.3 Å². The van der Waals surface area contributed by atoms with Crippen LogP contribution in [0.2, 0.25) is 0 Å². The number of hydrogen-bond donors (Lipinski definition) is 3. The molecule has 0 saturated heterocycles. The Morgan fingerprint density at radius 2 is 1.90 bits per heavy atom. The van der Waals surface area contributed by atoms with Gasteiger partial charge in [0.05, 0.1) is 23.1 Å². The normalized spacial score (nSPS) is 10.6. The number of rotatable bonds is 7. The van der Waals surface area contributed by atoms with Crippen LogP contribution in [0.5, 0.6) is 0 Å². The quantitative estimate of drug-likeness (QED) is 0.393. The minimum Gasteiger partial charge on any atom is -0.462 e. The van der Waals surface area contributed by atoms with Gasteiger partial charge in [0.15, 0.2) is 0 Å². The molecule has 0 radical (unpaired) electrons. The van der Waals surface area contributed by atoms with Gasteiger partial charge in [-0.1, -0.05) is 18.2 Å². The van der Waals surface area contributed by atoms with Gasteiger partial charge < -0.3 is 14.9 Å². The minimum atomic E-state index is -0.639. The van der Waals surface area contributed by atoms with Gasteiger partial charge in [0.1, 0.15) is 6.10 Å². The first-order valence-corrected chi connectivity index (χ1v) is 9.68. The molecule has 0 fully saturated rings. The second kappa shape index (κ2) is 9.61. The Labute approximate surface area is 178 Å². The molecular weight excluding hydrogens is 402 g/mol. The molecule has 0 spiro atoms. The fourth-order valence-electron chi connectivity index (χ4n) is 2.72. The van der Waals surface area contributed by atoms with Crippen LogP contribution >= 0.6 is 0 Å². The van der Waals surface area contributed by atoms with Crippen LogP contribution in [0.3, 0.4) is 0 Å². The number of urea groups is 1. The summed E-state index contributed by atoms with van der Waals surface area (Å²) < 4.78 is 5.94. The summed E-state index contributed by atoms with van der Waals surface area (Å²) in [6.45, 7) is 5.49. The number of anilines is 2. The van der Waals surface area contributed by atoms with E-state index in [2.05, 4.69) is 21.2 Å². The van der Waals surface area contributed by atoms with Crippen LogP contribution in [-0.4, -0.2) is 34.4 Å². The number of hydrogen-bond acceptors (Lipinski definition) is 7. The lowest BCUT2D eigenvalue weighted by Crippen LogP contribution is -2.39. The first kappa shape index (κ1) is 21.6. The van der Waals surface area contributed by atoms with Crippen molar-refractivity contribution >= 4 is 34.5 Å². The standard InChI is InChI=1S/C21H23N5O5/c1-4-30-19(28)14-8-7-9-15(12-14)22-21(29)25-24-20-23-17-11-6-5-10-16(17)18(27)26(20)31-13(2)3/h5-13H,4H2,1-3H3,(H,23,24)(H2,22,25,29). The number of hydrazine groups is 1. The van der Waals surface area contributed by atoms with Gasteiger partial charge in [-0.25, -0.2) is 20.0 Å². The molecule has 2 aromatic carbocycles. The Hall–Kier alpha value is -4.08. The highest BCUT2D eigenvalue weighted by Crippen LogP contribution is 2.12. The smallest absolute Gasteiger partial charge is 0.338 e. The largest absolute Gasteiger partial charge is 0.462 e. The fraction of sp³-hybridized carbons (Fsp3) is 0.238. The molecule has 0 bridgehead atoms. The molecule has 1 heterocycles. The molecule has 31 heavy (non-hydrogen) atoms. The third-order valence-electron chi connectivity index (χ3n) is 3.97. The van der Waals surface area contributed by atoms with E-state index in [-0.39, 0.29) is 18.7 Å². The fourth-order valence-corrected chi connectivity index (χ4v) is 2.72. The average molecular weight is 425 g/mol. The van der Waals surface area contributed by atoms with E-state index in [1.807, 2.05) is 0 Å². The second-order valence-corrected chi connectivity index (χ2v) is 6.71. The summed E-state index contributed by atoms with van der Waals surface area (Å²) in [5, 5.41) is 2.97. The number of ether oxygens (including phenoxy) is 1. The van der Waals surface area contributed by atoms with Gasteiger partial charge in [0, 0.05) is 5.69 Å². The first-order valence-electron chi connectivity index (χ1n) is 9.68. The molecule has 3 N–H and O–H groups in total. The van der Waals surface area contributed by atoms with Crippen LogP contribution in [0.25, 0.3) is 10.9 Å². The zero-order valence-electron chi connectivity index (χ0n) is 17.3. The number of nitrogens with zero attached hydrogens (tertiary/aromatic N) is 2. The molecule has 0 unspecified atom stereocenters. The lowest BCUT2D eigenvalue weighted by atomic mass is 10.2. The van der Waals surface area contributed by atoms with E-state index >= 15 is 0 Å². The first-order chi connectivity index (χ1) is 14.9. The molecule has 0 aliphatic rings. The Morgan fingerprint density at radius 3 is 2.65 bits per heavy atom. The number of benzene rings is 2. The van der Waals surface area contributed by atoms with E-state index in [0.29, 0.717) is 22.2 Å². The lowest BCUT2D eigenvalue weighted by Gasteiger charge is -2.17. The number of aromatic nitrogens is 2. The molecule has 162 valence electrons. The Kier molecular flexibility index (Phi) is 6.71. The molecular formula is C21H23N5O5. The summed E-state index contributed by atoms with van der Waals surface area (Å²) in [4.78, 5) is 46.8. The number of para-hydroxylation sites is 1. The van der Waals surface area contributed by atoms with Crippen molar-refractivity contribution in [1.29, 1.82) is 0 Å². The van der Waals surface area contributed by atoms with Gasteiger partial charge in [-0.05, 0) is 51.1 Å². The highest BCUT2D eigenvalue weighted by Gasteiger charge is 2.14. The van der Waals surface area contributed by atoms with Crippen LogP contribution in [-0.2, 0) is 4.74 Å². The van der Waals surface area contributed by atoms with Crippen molar-refractivity contribution in [3.05, 3.63) is 64.4 Å². The van der Waals surface area contributed by atoms with Crippen LogP contribution in [0, 0.1) is 0 Å². The average Bonchev–Trinajstić information content (AvgIpc) is 2.74. The zero-order chi connectivity index (χ0) is 22.4. The van der Waals surface area contributed by atoms with Gasteiger partial charge in [0.2, 0.25) is 0 Å². The van der Waals surface area contributed by atoms with Crippen LogP contribution in [0.4, 0.5) is 16.4 Å². The van der Waals surface area contributed by atoms with Crippen LogP contribution < -0.4 is 26.6 Å². The number of esters is 1. The number of carbonyl (C=O) groups is 2. The molecule has 3 aromatic rings. The van der Waals surface area contributed by atoms with Crippen LogP contribution in [0.1, 0.15) is 31.1 Å². The van der Waals surface area contributed by atoms with E-state index in [9.17, 15) is 14.4 Å². The highest BCUT2D eigenvalue weighted by molar-refractivity contribution is 5.94. The Balaban J connectivity index is 1.76. The summed E-state index contributed by atoms with van der Waals surface area (Å²) in [5.41, 5.74) is 5.74. The number of fused-ring (bicyclic) bond motifs is 1. The monoisotopic (exact) mass is 425 g/mol. The van der Waals surface area contributed by atoms with Crippen molar-refractivity contribution in [2.24, 2.45) is 0 Å². The predicted octanol–water partition coefficient (Wildman–Crippen LogP) is 2.56. The number of amides is 2. The van der Waals surface area contributed by atoms with Gasteiger partial charge in [-0.3, -0.25) is 10.2 Å². The molecule has 3 rings (SSSR count). The minimum absolute atomic E-state index is 0.00724. The maximum absolute atomic E-state index is 12.8. The Morgan fingerprint density at radius 1 is 1.13 bits per heavy atom. The van der Waals surface area contributed by atoms with E-state index in [0.717, 1.165) is 4.73 Å². The van der Waals surface area contributed by atoms with E-state index < -0.39 is 17.6 Å². The van der Waals surface area contributed by atoms with Crippen molar-refractivity contribution in [3.8, 4) is 0 Å². The second-order valence-electron chi connectivity index (χ2n) is 6.71. The molecule has 0 aliphatic heterocycles. The zero-order valence-corrected chi connectivity index (χ0v) is 17.3. The number of nitrogens with one attached hydrogen (secondary N) is 3. The maximum Gasteiger partial charge on any atom is 0.338 e. The van der Waals surface area contributed by atoms with Crippen molar-refractivity contribution in [1.82, 2.24) is 15.1 Å². The predicted molar refractivity (Wildman–Crippen MR) is 116 cm³/mol. The molecule has 0 atom stereocenters. The van der Waals surface area contributed by atoms with E-state index in [4.69, 9.17) is 9.57 Å². The van der Waals surface area contributed by atoms with Crippen LogP contribution in [0.15, 0.2) is 53.3 Å². The molecule has 10 nitrogen and oxygen atoms in total. The van der Waals surface area contributed by atoms with Gasteiger partial charge in [-0.2, -0.15) is 0 Å². The topological polar surface area (TPSA) is 124 Å². The third-order valence-corrected chi connectivity index (χ3v) is 3.97. The summed E-state index contributed by atoms with van der Waals surface area (Å²) in [5.74, 6) is -0.479. The molecule has 0 saturated carbocycles. The molecule has 1 aromatic heterocycles. The lowest BCUT2D eigenvalue weighted by molar-refractivity contribution is 0.0526. The Bertz CT molecular complexity index is 1160. The van der Waals surface area contributed by atoms with E-state index in [1.165, 1.54) is 6.07 Å². The van der Waals surface area contributed by atoms with Crippen molar-refractivity contribution < 1.29 is 19.2 Å². The third kappa shape index (κ3) is 5.30. The van der Waals surface area contributed by atoms with Gasteiger partial charge in [-0.15, -0.1) is 4.73 Å². The summed E-state index contributed by atoms with van der Waals surface area (Å²) in [7, 11) is 0. The maximum atomic E-state index is 12.8. The van der Waals surface area contributed by atoms with Gasteiger partial charge >= 0.3 is 12.0 Å². The van der Waals surface area contributed by atoms with E-state index in [1.54, 1.807) is 63.2 Å². The molecule has 0 aliphatic carbocycles. The summed E-state index contributed by atoms with van der Waals surface area (Å²) >= 11 is 0. The van der Waals surface area contributed by atoms with Crippen molar-refractivity contribution in [3.63, 3.8) is 0 Å². The number of carbonyl (C=O) groups excluding carboxylic acids is 2. The highest BCUT2D eigenvalue weighted by atomic mass is 16.7. The summed E-state index contributed by atoms with van der Waals surface area (Å²) in [6, 6.07) is 12.5.